The molecule has 2 aromatic rings. The number of nitrogens with one attached hydrogen (secondary N) is 1. The first-order valence-electron chi connectivity index (χ1n) is 5.97. The van der Waals surface area contributed by atoms with Crippen molar-refractivity contribution < 1.29 is 13.2 Å². The van der Waals surface area contributed by atoms with Gasteiger partial charge in [-0.15, -0.1) is 0 Å². The zero-order valence-corrected chi connectivity index (χ0v) is 10.5. The lowest BCUT2D eigenvalue weighted by atomic mass is 9.98. The highest BCUT2D eigenvalue weighted by molar-refractivity contribution is 5.26. The van der Waals surface area contributed by atoms with E-state index in [2.05, 4.69) is 5.32 Å². The summed E-state index contributed by atoms with van der Waals surface area (Å²) in [5.41, 5.74) is 0.663. The molecule has 1 nitrogen and oxygen atoms in total. The van der Waals surface area contributed by atoms with Crippen molar-refractivity contribution in [1.82, 2.24) is 5.32 Å². The minimum Gasteiger partial charge on any atom is -0.313 e. The summed E-state index contributed by atoms with van der Waals surface area (Å²) < 4.78 is 40.4. The van der Waals surface area contributed by atoms with Gasteiger partial charge in [0.25, 0.3) is 0 Å². The standard InChI is InChI=1S/C15H14F3N/c1-19-15(12-4-2-3-5-14(12)18)9-10-8-11(16)6-7-13(10)17/h2-8,15,19H,9H2,1H3. The number of hydrogen-bond acceptors (Lipinski definition) is 1. The van der Waals surface area contributed by atoms with Crippen LogP contribution in [0.5, 0.6) is 0 Å². The molecule has 2 rings (SSSR count). The fraction of sp³-hybridized carbons (Fsp3) is 0.200. The summed E-state index contributed by atoms with van der Waals surface area (Å²) in [7, 11) is 1.66. The van der Waals surface area contributed by atoms with Crippen LogP contribution in [0, 0.1) is 17.5 Å². The van der Waals surface area contributed by atoms with Gasteiger partial charge >= 0.3 is 0 Å². The summed E-state index contributed by atoms with van der Waals surface area (Å²) in [6.45, 7) is 0. The van der Waals surface area contributed by atoms with Gasteiger partial charge in [-0.25, -0.2) is 13.2 Å². The molecule has 19 heavy (non-hydrogen) atoms. The van der Waals surface area contributed by atoms with Crippen LogP contribution in [0.2, 0.25) is 0 Å². The highest BCUT2D eigenvalue weighted by Gasteiger charge is 2.16. The molecule has 0 amide bonds. The fourth-order valence-corrected chi connectivity index (χ4v) is 2.04. The predicted molar refractivity (Wildman–Crippen MR) is 68.3 cm³/mol. The maximum atomic E-state index is 13.7. The van der Waals surface area contributed by atoms with E-state index in [1.807, 2.05) is 0 Å². The first-order chi connectivity index (χ1) is 9.11. The summed E-state index contributed by atoms with van der Waals surface area (Å²) >= 11 is 0. The van der Waals surface area contributed by atoms with E-state index >= 15 is 0 Å². The third-order valence-electron chi connectivity index (χ3n) is 3.06. The topological polar surface area (TPSA) is 12.0 Å². The number of likely N-dealkylation sites (N-methyl/N-ethyl adjacent to an activating group) is 1. The van der Waals surface area contributed by atoms with Crippen molar-refractivity contribution in [2.45, 2.75) is 12.5 Å². The lowest BCUT2D eigenvalue weighted by molar-refractivity contribution is 0.515. The van der Waals surface area contributed by atoms with Gasteiger partial charge in [-0.05, 0) is 43.3 Å². The summed E-state index contributed by atoms with van der Waals surface area (Å²) in [5, 5.41) is 2.93. The van der Waals surface area contributed by atoms with Gasteiger partial charge in [0.05, 0.1) is 0 Å². The van der Waals surface area contributed by atoms with Crippen LogP contribution in [0.25, 0.3) is 0 Å². The highest BCUT2D eigenvalue weighted by Crippen LogP contribution is 2.22. The Morgan fingerprint density at radius 2 is 1.74 bits per heavy atom. The molecule has 4 heteroatoms. The molecule has 0 aromatic heterocycles. The molecule has 0 heterocycles. The summed E-state index contributed by atoms with van der Waals surface area (Å²) in [4.78, 5) is 0. The van der Waals surface area contributed by atoms with Crippen LogP contribution in [0.1, 0.15) is 17.2 Å². The highest BCUT2D eigenvalue weighted by atomic mass is 19.1. The Kier molecular flexibility index (Phi) is 4.22. The van der Waals surface area contributed by atoms with Crippen LogP contribution in [-0.4, -0.2) is 7.05 Å². The van der Waals surface area contributed by atoms with Crippen LogP contribution < -0.4 is 5.32 Å². The van der Waals surface area contributed by atoms with E-state index in [1.165, 1.54) is 6.07 Å². The molecule has 2 aromatic carbocycles. The normalized spacial score (nSPS) is 12.4. The minimum absolute atomic E-state index is 0.182. The fourth-order valence-electron chi connectivity index (χ4n) is 2.04. The first kappa shape index (κ1) is 13.6. The molecule has 0 bridgehead atoms. The molecular weight excluding hydrogens is 251 g/mol. The largest absolute Gasteiger partial charge is 0.313 e. The molecule has 1 N–H and O–H groups in total. The number of benzene rings is 2. The van der Waals surface area contributed by atoms with Crippen LogP contribution in [-0.2, 0) is 6.42 Å². The van der Waals surface area contributed by atoms with Crippen molar-refractivity contribution >= 4 is 0 Å². The molecule has 0 radical (unpaired) electrons. The Morgan fingerprint density at radius 1 is 1.00 bits per heavy atom. The van der Waals surface area contributed by atoms with E-state index in [0.29, 0.717) is 5.56 Å². The van der Waals surface area contributed by atoms with Gasteiger partial charge in [-0.1, -0.05) is 18.2 Å². The van der Waals surface area contributed by atoms with Gasteiger partial charge in [-0.3, -0.25) is 0 Å². The van der Waals surface area contributed by atoms with E-state index in [0.717, 1.165) is 18.2 Å². The van der Waals surface area contributed by atoms with Crippen LogP contribution >= 0.6 is 0 Å². The van der Waals surface area contributed by atoms with Gasteiger partial charge in [-0.2, -0.15) is 0 Å². The molecule has 0 saturated heterocycles. The Morgan fingerprint density at radius 3 is 2.42 bits per heavy atom. The molecule has 100 valence electrons. The van der Waals surface area contributed by atoms with Crippen molar-refractivity contribution in [3.63, 3.8) is 0 Å². The van der Waals surface area contributed by atoms with E-state index < -0.39 is 17.7 Å². The molecule has 0 aliphatic carbocycles. The van der Waals surface area contributed by atoms with Gasteiger partial charge in [0, 0.05) is 11.6 Å². The maximum absolute atomic E-state index is 13.7. The molecule has 0 saturated carbocycles. The zero-order chi connectivity index (χ0) is 13.8. The van der Waals surface area contributed by atoms with Crippen LogP contribution in [0.4, 0.5) is 13.2 Å². The first-order valence-corrected chi connectivity index (χ1v) is 5.97. The Balaban J connectivity index is 2.29. The van der Waals surface area contributed by atoms with E-state index in [4.69, 9.17) is 0 Å². The monoisotopic (exact) mass is 265 g/mol. The summed E-state index contributed by atoms with van der Waals surface area (Å²) in [5.74, 6) is -1.35. The Bertz CT molecular complexity index is 569. The van der Waals surface area contributed by atoms with Gasteiger partial charge < -0.3 is 5.32 Å². The lowest BCUT2D eigenvalue weighted by Crippen LogP contribution is -2.20. The maximum Gasteiger partial charge on any atom is 0.127 e. The number of halogens is 3. The molecule has 0 fully saturated rings. The van der Waals surface area contributed by atoms with Crippen molar-refractivity contribution in [3.8, 4) is 0 Å². The van der Waals surface area contributed by atoms with Gasteiger partial charge in [0.1, 0.15) is 17.5 Å². The number of hydrogen-bond donors (Lipinski definition) is 1. The molecular formula is C15H14F3N. The second kappa shape index (κ2) is 5.89. The van der Waals surface area contributed by atoms with Crippen molar-refractivity contribution in [2.75, 3.05) is 7.05 Å². The number of rotatable bonds is 4. The average molecular weight is 265 g/mol. The second-order valence-corrected chi connectivity index (χ2v) is 4.30. The molecule has 0 aliphatic heterocycles. The average Bonchev–Trinajstić information content (AvgIpc) is 2.41. The molecule has 1 atom stereocenters. The Hall–Kier alpha value is -1.81. The van der Waals surface area contributed by atoms with Crippen molar-refractivity contribution in [1.29, 1.82) is 0 Å². The molecule has 0 spiro atoms. The molecule has 0 aliphatic rings. The minimum atomic E-state index is -0.500. The van der Waals surface area contributed by atoms with Gasteiger partial charge in [0.2, 0.25) is 0 Å². The van der Waals surface area contributed by atoms with Crippen LogP contribution in [0.15, 0.2) is 42.5 Å². The van der Waals surface area contributed by atoms with Crippen molar-refractivity contribution in [3.05, 3.63) is 71.0 Å². The smallest absolute Gasteiger partial charge is 0.127 e. The Labute approximate surface area is 110 Å². The summed E-state index contributed by atoms with van der Waals surface area (Å²) in [6, 6.07) is 9.17. The zero-order valence-electron chi connectivity index (χ0n) is 10.5. The quantitative estimate of drug-likeness (QED) is 0.890. The SMILES string of the molecule is CNC(Cc1cc(F)ccc1F)c1ccccc1F. The predicted octanol–water partition coefficient (Wildman–Crippen LogP) is 3.61. The third-order valence-corrected chi connectivity index (χ3v) is 3.06. The van der Waals surface area contributed by atoms with Crippen LogP contribution in [0.3, 0.4) is 0 Å². The lowest BCUT2D eigenvalue weighted by Gasteiger charge is -2.17. The summed E-state index contributed by atoms with van der Waals surface area (Å²) in [6.07, 6.45) is 0.182. The third kappa shape index (κ3) is 3.15. The van der Waals surface area contributed by atoms with Crippen molar-refractivity contribution in [2.24, 2.45) is 0 Å². The second-order valence-electron chi connectivity index (χ2n) is 4.30. The van der Waals surface area contributed by atoms with E-state index in [9.17, 15) is 13.2 Å². The van der Waals surface area contributed by atoms with Gasteiger partial charge in [0.15, 0.2) is 0 Å². The van der Waals surface area contributed by atoms with E-state index in [-0.39, 0.29) is 17.8 Å². The van der Waals surface area contributed by atoms with E-state index in [1.54, 1.807) is 25.2 Å². The molecule has 1 unspecified atom stereocenters.